The first-order chi connectivity index (χ1) is 7.27. The maximum Gasteiger partial charge on any atom is 0.291 e. The SMILES string of the molecule is O=C(c1ncc(Cl)cn1)N1CCNCC1. The molecule has 1 saturated heterocycles. The third-order valence-electron chi connectivity index (χ3n) is 2.22. The van der Waals surface area contributed by atoms with E-state index in [1.165, 1.54) is 12.4 Å². The average molecular weight is 227 g/mol. The molecule has 1 fully saturated rings. The van der Waals surface area contributed by atoms with Gasteiger partial charge in [0.15, 0.2) is 0 Å². The lowest BCUT2D eigenvalue weighted by molar-refractivity contribution is 0.0723. The van der Waals surface area contributed by atoms with E-state index < -0.39 is 0 Å². The van der Waals surface area contributed by atoms with Gasteiger partial charge in [0, 0.05) is 38.6 Å². The number of rotatable bonds is 1. The highest BCUT2D eigenvalue weighted by Gasteiger charge is 2.19. The molecule has 1 aliphatic rings. The highest BCUT2D eigenvalue weighted by Crippen LogP contribution is 2.05. The van der Waals surface area contributed by atoms with Crippen LogP contribution in [0.3, 0.4) is 0 Å². The van der Waals surface area contributed by atoms with Gasteiger partial charge >= 0.3 is 0 Å². The smallest absolute Gasteiger partial charge is 0.291 e. The summed E-state index contributed by atoms with van der Waals surface area (Å²) >= 11 is 5.64. The van der Waals surface area contributed by atoms with Crippen molar-refractivity contribution in [1.82, 2.24) is 20.2 Å². The Balaban J connectivity index is 2.09. The standard InChI is InChI=1S/C9H11ClN4O/c10-7-5-12-8(13-6-7)9(15)14-3-1-11-2-4-14/h5-6,11H,1-4H2. The second-order valence-electron chi connectivity index (χ2n) is 3.27. The van der Waals surface area contributed by atoms with E-state index in [1.807, 2.05) is 0 Å². The van der Waals surface area contributed by atoms with Crippen LogP contribution in [0.1, 0.15) is 10.6 Å². The van der Waals surface area contributed by atoms with Crippen molar-refractivity contribution in [2.45, 2.75) is 0 Å². The largest absolute Gasteiger partial charge is 0.333 e. The molecule has 2 rings (SSSR count). The van der Waals surface area contributed by atoms with E-state index in [0.29, 0.717) is 18.1 Å². The molecule has 0 unspecified atom stereocenters. The summed E-state index contributed by atoms with van der Waals surface area (Å²) < 4.78 is 0. The predicted molar refractivity (Wildman–Crippen MR) is 55.8 cm³/mol. The first-order valence-corrected chi connectivity index (χ1v) is 5.13. The number of nitrogens with one attached hydrogen (secondary N) is 1. The van der Waals surface area contributed by atoms with Gasteiger partial charge in [-0.2, -0.15) is 0 Å². The Labute approximate surface area is 92.5 Å². The minimum Gasteiger partial charge on any atom is -0.333 e. The number of hydrogen-bond donors (Lipinski definition) is 1. The Morgan fingerprint density at radius 3 is 2.53 bits per heavy atom. The van der Waals surface area contributed by atoms with E-state index in [2.05, 4.69) is 15.3 Å². The number of nitrogens with zero attached hydrogens (tertiary/aromatic N) is 3. The van der Waals surface area contributed by atoms with Crippen LogP contribution >= 0.6 is 11.6 Å². The minimum absolute atomic E-state index is 0.131. The van der Waals surface area contributed by atoms with Crippen molar-refractivity contribution in [3.63, 3.8) is 0 Å². The summed E-state index contributed by atoms with van der Waals surface area (Å²) in [5.74, 6) is 0.0782. The fourth-order valence-corrected chi connectivity index (χ4v) is 1.53. The van der Waals surface area contributed by atoms with Gasteiger partial charge in [0.2, 0.25) is 5.82 Å². The number of carbonyl (C=O) groups excluding carboxylic acids is 1. The maximum absolute atomic E-state index is 11.8. The van der Waals surface area contributed by atoms with Crippen molar-refractivity contribution in [1.29, 1.82) is 0 Å². The molecule has 0 radical (unpaired) electrons. The van der Waals surface area contributed by atoms with Crippen molar-refractivity contribution in [3.8, 4) is 0 Å². The molecule has 2 heterocycles. The van der Waals surface area contributed by atoms with Gasteiger partial charge in [0.1, 0.15) is 0 Å². The van der Waals surface area contributed by atoms with E-state index >= 15 is 0 Å². The summed E-state index contributed by atoms with van der Waals surface area (Å²) in [6.07, 6.45) is 2.87. The maximum atomic E-state index is 11.8. The molecule has 5 nitrogen and oxygen atoms in total. The highest BCUT2D eigenvalue weighted by atomic mass is 35.5. The summed E-state index contributed by atoms with van der Waals surface area (Å²) in [5, 5.41) is 3.61. The summed E-state index contributed by atoms with van der Waals surface area (Å²) in [4.78, 5) is 21.4. The lowest BCUT2D eigenvalue weighted by Crippen LogP contribution is -2.46. The molecular weight excluding hydrogens is 216 g/mol. The Morgan fingerprint density at radius 1 is 1.33 bits per heavy atom. The van der Waals surface area contributed by atoms with Crippen LogP contribution in [-0.4, -0.2) is 47.0 Å². The zero-order valence-electron chi connectivity index (χ0n) is 8.11. The molecule has 0 saturated carbocycles. The molecule has 0 aliphatic carbocycles. The molecule has 1 aliphatic heterocycles. The van der Waals surface area contributed by atoms with Crippen molar-refractivity contribution < 1.29 is 4.79 Å². The highest BCUT2D eigenvalue weighted by molar-refractivity contribution is 6.30. The third-order valence-corrected chi connectivity index (χ3v) is 2.41. The second-order valence-corrected chi connectivity index (χ2v) is 3.70. The van der Waals surface area contributed by atoms with Crippen LogP contribution < -0.4 is 5.32 Å². The molecule has 6 heteroatoms. The van der Waals surface area contributed by atoms with Crippen molar-refractivity contribution in [2.75, 3.05) is 26.2 Å². The lowest BCUT2D eigenvalue weighted by Gasteiger charge is -2.26. The van der Waals surface area contributed by atoms with Gasteiger partial charge in [-0.3, -0.25) is 4.79 Å². The molecule has 0 atom stereocenters. The Bertz CT molecular complexity index is 348. The first kappa shape index (κ1) is 10.3. The van der Waals surface area contributed by atoms with Gasteiger partial charge in [-0.05, 0) is 0 Å². The van der Waals surface area contributed by atoms with Crippen LogP contribution in [0, 0.1) is 0 Å². The van der Waals surface area contributed by atoms with Gasteiger partial charge in [-0.1, -0.05) is 11.6 Å². The minimum atomic E-state index is -0.131. The van der Waals surface area contributed by atoms with Gasteiger partial charge < -0.3 is 10.2 Å². The summed E-state index contributed by atoms with van der Waals surface area (Å²) in [6, 6.07) is 0. The van der Waals surface area contributed by atoms with Crippen LogP contribution in [0.2, 0.25) is 5.02 Å². The van der Waals surface area contributed by atoms with Gasteiger partial charge in [0.05, 0.1) is 5.02 Å². The summed E-state index contributed by atoms with van der Waals surface area (Å²) in [6.45, 7) is 3.04. The zero-order valence-corrected chi connectivity index (χ0v) is 8.87. The van der Waals surface area contributed by atoms with Gasteiger partial charge in [-0.15, -0.1) is 0 Å². The molecule has 0 bridgehead atoms. The molecule has 15 heavy (non-hydrogen) atoms. The van der Waals surface area contributed by atoms with E-state index in [4.69, 9.17) is 11.6 Å². The fourth-order valence-electron chi connectivity index (χ4n) is 1.43. The number of halogens is 1. The normalized spacial score (nSPS) is 16.5. The molecule has 0 aromatic carbocycles. The van der Waals surface area contributed by atoms with Crippen molar-refractivity contribution >= 4 is 17.5 Å². The van der Waals surface area contributed by atoms with Crippen LogP contribution in [-0.2, 0) is 0 Å². The fraction of sp³-hybridized carbons (Fsp3) is 0.444. The molecule has 1 aromatic heterocycles. The Morgan fingerprint density at radius 2 is 1.93 bits per heavy atom. The molecular formula is C9H11ClN4O. The number of aromatic nitrogens is 2. The predicted octanol–water partition coefficient (Wildman–Crippen LogP) is 0.175. The first-order valence-electron chi connectivity index (χ1n) is 4.75. The molecule has 0 spiro atoms. The zero-order chi connectivity index (χ0) is 10.7. The quantitative estimate of drug-likeness (QED) is 0.742. The van der Waals surface area contributed by atoms with Gasteiger partial charge in [-0.25, -0.2) is 9.97 Å². The van der Waals surface area contributed by atoms with Crippen LogP contribution in [0.15, 0.2) is 12.4 Å². The Kier molecular flexibility index (Phi) is 3.13. The Hall–Kier alpha value is -1.20. The number of piperazine rings is 1. The number of hydrogen-bond acceptors (Lipinski definition) is 4. The van der Waals surface area contributed by atoms with E-state index in [-0.39, 0.29) is 11.7 Å². The topological polar surface area (TPSA) is 58.1 Å². The molecule has 1 N–H and O–H groups in total. The van der Waals surface area contributed by atoms with Crippen LogP contribution in [0.5, 0.6) is 0 Å². The van der Waals surface area contributed by atoms with E-state index in [0.717, 1.165) is 13.1 Å². The van der Waals surface area contributed by atoms with E-state index in [9.17, 15) is 4.79 Å². The summed E-state index contributed by atoms with van der Waals surface area (Å²) in [7, 11) is 0. The summed E-state index contributed by atoms with van der Waals surface area (Å²) in [5.41, 5.74) is 0. The average Bonchev–Trinajstić information content (AvgIpc) is 2.30. The monoisotopic (exact) mass is 226 g/mol. The van der Waals surface area contributed by atoms with Crippen LogP contribution in [0.4, 0.5) is 0 Å². The molecule has 80 valence electrons. The molecule has 1 aromatic rings. The number of amides is 1. The van der Waals surface area contributed by atoms with E-state index in [1.54, 1.807) is 4.90 Å². The van der Waals surface area contributed by atoms with Crippen LogP contribution in [0.25, 0.3) is 0 Å². The van der Waals surface area contributed by atoms with Crippen molar-refractivity contribution in [3.05, 3.63) is 23.2 Å². The second kappa shape index (κ2) is 4.55. The third kappa shape index (κ3) is 2.43. The van der Waals surface area contributed by atoms with Crippen molar-refractivity contribution in [2.24, 2.45) is 0 Å². The number of carbonyl (C=O) groups is 1. The molecule has 1 amide bonds. The van der Waals surface area contributed by atoms with Gasteiger partial charge in [0.25, 0.3) is 5.91 Å². The lowest BCUT2D eigenvalue weighted by atomic mass is 10.3.